The molecule has 0 saturated carbocycles. The van der Waals surface area contributed by atoms with Gasteiger partial charge in [0.2, 0.25) is 11.8 Å². The van der Waals surface area contributed by atoms with Gasteiger partial charge in [-0.2, -0.15) is 0 Å². The van der Waals surface area contributed by atoms with Gasteiger partial charge in [0.1, 0.15) is 0 Å². The number of benzene rings is 2. The number of rotatable bonds is 3. The predicted molar refractivity (Wildman–Crippen MR) is 115 cm³/mol. The van der Waals surface area contributed by atoms with Crippen LogP contribution in [0.2, 0.25) is 0 Å². The Balaban J connectivity index is 1.55. The average Bonchev–Trinajstić information content (AvgIpc) is 3.03. The minimum absolute atomic E-state index is 0.123. The molecule has 1 aliphatic rings. The second-order valence-corrected chi connectivity index (χ2v) is 8.00. The molecule has 1 aliphatic carbocycles. The maximum Gasteiger partial charge on any atom is 0.248 e. The molecular formula is C25H24N2O. The van der Waals surface area contributed by atoms with Crippen LogP contribution < -0.4 is 0 Å². The van der Waals surface area contributed by atoms with Gasteiger partial charge in [0.05, 0.1) is 0 Å². The fraction of sp³-hybridized carbons (Fsp3) is 0.200. The van der Waals surface area contributed by atoms with Gasteiger partial charge >= 0.3 is 0 Å². The van der Waals surface area contributed by atoms with Gasteiger partial charge in [0, 0.05) is 11.1 Å². The molecule has 3 nitrogen and oxygen atoms in total. The summed E-state index contributed by atoms with van der Waals surface area (Å²) in [5.41, 5.74) is 5.67. The van der Waals surface area contributed by atoms with E-state index >= 15 is 0 Å². The van der Waals surface area contributed by atoms with Crippen LogP contribution in [0.15, 0.2) is 83.3 Å². The molecular weight excluding hydrogens is 344 g/mol. The number of nitrogens with zero attached hydrogens (tertiary/aromatic N) is 2. The Labute approximate surface area is 166 Å². The van der Waals surface area contributed by atoms with Crippen molar-refractivity contribution in [3.8, 4) is 22.9 Å². The lowest BCUT2D eigenvalue weighted by Crippen LogP contribution is -2.10. The summed E-state index contributed by atoms with van der Waals surface area (Å²) in [6.07, 6.45) is 11.6. The van der Waals surface area contributed by atoms with Crippen LogP contribution in [-0.2, 0) is 5.41 Å². The zero-order chi connectivity index (χ0) is 19.6. The molecule has 0 saturated heterocycles. The Morgan fingerprint density at radius 2 is 1.32 bits per heavy atom. The van der Waals surface area contributed by atoms with Crippen molar-refractivity contribution < 1.29 is 4.42 Å². The molecule has 0 unspecified atom stereocenters. The Morgan fingerprint density at radius 3 is 1.93 bits per heavy atom. The summed E-state index contributed by atoms with van der Waals surface area (Å²) < 4.78 is 5.93. The number of allylic oxidation sites excluding steroid dienone is 6. The third-order valence-electron chi connectivity index (χ3n) is 4.88. The summed E-state index contributed by atoms with van der Waals surface area (Å²) in [5.74, 6) is 1.08. The molecule has 0 fully saturated rings. The third-order valence-corrected chi connectivity index (χ3v) is 4.88. The monoisotopic (exact) mass is 368 g/mol. The Bertz CT molecular complexity index is 1040. The van der Waals surface area contributed by atoms with Gasteiger partial charge in [-0.3, -0.25) is 0 Å². The first-order chi connectivity index (χ1) is 13.5. The molecule has 28 heavy (non-hydrogen) atoms. The zero-order valence-corrected chi connectivity index (χ0v) is 16.5. The third kappa shape index (κ3) is 3.89. The fourth-order valence-electron chi connectivity index (χ4n) is 3.17. The summed E-state index contributed by atoms with van der Waals surface area (Å²) in [4.78, 5) is 0. The molecule has 0 spiro atoms. The lowest BCUT2D eigenvalue weighted by Gasteiger charge is -2.18. The van der Waals surface area contributed by atoms with Crippen molar-refractivity contribution in [2.45, 2.75) is 32.6 Å². The van der Waals surface area contributed by atoms with Crippen LogP contribution in [0.5, 0.6) is 0 Å². The molecule has 0 atom stereocenters. The van der Waals surface area contributed by atoms with Crippen molar-refractivity contribution in [3.63, 3.8) is 0 Å². The van der Waals surface area contributed by atoms with E-state index in [1.165, 1.54) is 16.7 Å². The summed E-state index contributed by atoms with van der Waals surface area (Å²) in [6, 6.07) is 16.6. The van der Waals surface area contributed by atoms with Gasteiger partial charge in [-0.05, 0) is 52.8 Å². The lowest BCUT2D eigenvalue weighted by atomic mass is 9.87. The van der Waals surface area contributed by atoms with Gasteiger partial charge in [0.25, 0.3) is 0 Å². The van der Waals surface area contributed by atoms with Crippen molar-refractivity contribution in [1.29, 1.82) is 0 Å². The highest BCUT2D eigenvalue weighted by Gasteiger charge is 2.15. The van der Waals surface area contributed by atoms with Crippen LogP contribution in [0, 0.1) is 0 Å². The lowest BCUT2D eigenvalue weighted by molar-refractivity contribution is 0.582. The summed E-state index contributed by atoms with van der Waals surface area (Å²) in [5, 5.41) is 8.47. The first-order valence-electron chi connectivity index (χ1n) is 9.59. The standard InChI is InChI=1S/C25H24N2O/c1-25(2,3)22-16-14-21(15-17-22)24-27-26-23(28-24)20-12-10-19(11-13-20)18-8-6-4-5-7-9-18/h4-6,8-17H,7H2,1-3H3. The van der Waals surface area contributed by atoms with Crippen molar-refractivity contribution in [2.75, 3.05) is 0 Å². The minimum Gasteiger partial charge on any atom is -0.416 e. The van der Waals surface area contributed by atoms with Crippen LogP contribution in [0.3, 0.4) is 0 Å². The van der Waals surface area contributed by atoms with E-state index in [2.05, 4.69) is 85.6 Å². The molecule has 1 heterocycles. The quantitative estimate of drug-likeness (QED) is 0.523. The van der Waals surface area contributed by atoms with E-state index in [0.29, 0.717) is 11.8 Å². The topological polar surface area (TPSA) is 38.9 Å². The van der Waals surface area contributed by atoms with E-state index in [0.717, 1.165) is 17.5 Å². The number of hydrogen-bond donors (Lipinski definition) is 0. The molecule has 0 amide bonds. The molecule has 0 bridgehead atoms. The van der Waals surface area contributed by atoms with E-state index in [1.807, 2.05) is 24.3 Å². The maximum atomic E-state index is 5.93. The molecule has 2 aromatic carbocycles. The highest BCUT2D eigenvalue weighted by atomic mass is 16.4. The highest BCUT2D eigenvalue weighted by Crippen LogP contribution is 2.28. The Hall–Kier alpha value is -3.20. The molecule has 0 radical (unpaired) electrons. The van der Waals surface area contributed by atoms with Gasteiger partial charge in [0.15, 0.2) is 0 Å². The summed E-state index contributed by atoms with van der Waals surface area (Å²) in [6.45, 7) is 6.61. The van der Waals surface area contributed by atoms with E-state index in [4.69, 9.17) is 4.42 Å². The van der Waals surface area contributed by atoms with Crippen LogP contribution in [0.1, 0.15) is 38.3 Å². The SMILES string of the molecule is CC(C)(C)c1ccc(-c2nnc(-c3ccc(C4=CCC=CC=C4)cc3)o2)cc1. The van der Waals surface area contributed by atoms with Gasteiger partial charge < -0.3 is 4.42 Å². The van der Waals surface area contributed by atoms with Crippen LogP contribution in [0.4, 0.5) is 0 Å². The minimum atomic E-state index is 0.123. The predicted octanol–water partition coefficient (Wildman–Crippen LogP) is 6.60. The largest absolute Gasteiger partial charge is 0.416 e. The van der Waals surface area contributed by atoms with Crippen molar-refractivity contribution in [1.82, 2.24) is 10.2 Å². The molecule has 0 aliphatic heterocycles. The fourth-order valence-corrected chi connectivity index (χ4v) is 3.17. The smallest absolute Gasteiger partial charge is 0.248 e. The number of aromatic nitrogens is 2. The maximum absolute atomic E-state index is 5.93. The second kappa shape index (κ2) is 7.43. The average molecular weight is 368 g/mol. The van der Waals surface area contributed by atoms with E-state index in [-0.39, 0.29) is 5.41 Å². The van der Waals surface area contributed by atoms with Crippen LogP contribution >= 0.6 is 0 Å². The molecule has 140 valence electrons. The van der Waals surface area contributed by atoms with Crippen molar-refractivity contribution in [2.24, 2.45) is 0 Å². The van der Waals surface area contributed by atoms with Crippen molar-refractivity contribution in [3.05, 3.63) is 90.0 Å². The van der Waals surface area contributed by atoms with E-state index in [1.54, 1.807) is 0 Å². The normalized spacial score (nSPS) is 14.0. The summed E-state index contributed by atoms with van der Waals surface area (Å²) >= 11 is 0. The first-order valence-corrected chi connectivity index (χ1v) is 9.59. The molecule has 4 rings (SSSR count). The first kappa shape index (κ1) is 18.2. The van der Waals surface area contributed by atoms with Gasteiger partial charge in [-0.15, -0.1) is 10.2 Å². The number of hydrogen-bond acceptors (Lipinski definition) is 3. The molecule has 0 N–H and O–H groups in total. The summed E-state index contributed by atoms with van der Waals surface area (Å²) in [7, 11) is 0. The Morgan fingerprint density at radius 1 is 0.750 bits per heavy atom. The van der Waals surface area contributed by atoms with Gasteiger partial charge in [-0.1, -0.05) is 75.4 Å². The highest BCUT2D eigenvalue weighted by molar-refractivity contribution is 5.76. The van der Waals surface area contributed by atoms with Crippen LogP contribution in [-0.4, -0.2) is 10.2 Å². The molecule has 3 aromatic rings. The van der Waals surface area contributed by atoms with E-state index < -0.39 is 0 Å². The molecule has 3 heteroatoms. The van der Waals surface area contributed by atoms with Crippen LogP contribution in [0.25, 0.3) is 28.5 Å². The molecule has 1 aromatic heterocycles. The zero-order valence-electron chi connectivity index (χ0n) is 16.5. The second-order valence-electron chi connectivity index (χ2n) is 8.00. The van der Waals surface area contributed by atoms with E-state index in [9.17, 15) is 0 Å². The van der Waals surface area contributed by atoms with Crippen molar-refractivity contribution >= 4 is 5.57 Å². The Kier molecular flexibility index (Phi) is 4.82. The van der Waals surface area contributed by atoms with Gasteiger partial charge in [-0.25, -0.2) is 0 Å².